The van der Waals surface area contributed by atoms with Gasteiger partial charge < -0.3 is 14.4 Å². The molecule has 9 rings (SSSR count). The average molecular weight is 883 g/mol. The number of amides is 3. The molecule has 1 N–H and O–H groups in total. The van der Waals surface area contributed by atoms with Crippen LogP contribution < -0.4 is 10.1 Å². The van der Waals surface area contributed by atoms with Crippen molar-refractivity contribution in [3.8, 4) is 28.1 Å². The Labute approximate surface area is 363 Å². The first-order valence-corrected chi connectivity index (χ1v) is 23.1. The van der Waals surface area contributed by atoms with Gasteiger partial charge >= 0.3 is 0 Å². The number of carbonyl (C=O) groups is 3. The molecule has 2 aromatic heterocycles. The number of unbranched alkanes of at least 4 members (excludes halogenated alkanes) is 2. The Bertz CT molecular complexity index is 2640. The van der Waals surface area contributed by atoms with Crippen LogP contribution >= 0.6 is 0 Å². The first-order valence-electron chi connectivity index (χ1n) is 21.5. The van der Waals surface area contributed by atoms with Crippen molar-refractivity contribution in [2.24, 2.45) is 0 Å². The number of piperidine rings is 2. The Morgan fingerprint density at radius 1 is 0.873 bits per heavy atom. The van der Waals surface area contributed by atoms with Crippen molar-refractivity contribution >= 4 is 38.8 Å². The highest BCUT2D eigenvalue weighted by atomic mass is 32.2. The summed E-state index contributed by atoms with van der Waals surface area (Å²) in [6, 6.07) is 12.6. The largest absolute Gasteiger partial charge is 0.494 e. The van der Waals surface area contributed by atoms with Gasteiger partial charge in [0, 0.05) is 74.1 Å². The topological polar surface area (TPSA) is 169 Å². The predicted octanol–water partition coefficient (Wildman–Crippen LogP) is 5.25. The van der Waals surface area contributed by atoms with Crippen LogP contribution in [0.3, 0.4) is 0 Å². The number of ether oxygens (including phenoxy) is 2. The third kappa shape index (κ3) is 9.21. The molecular formula is C45H48F2N8O7S. The summed E-state index contributed by atoms with van der Waals surface area (Å²) >= 11 is 0. The fourth-order valence-electron chi connectivity index (χ4n) is 8.88. The molecule has 3 amide bonds. The zero-order valence-electron chi connectivity index (χ0n) is 34.7. The lowest BCUT2D eigenvalue weighted by atomic mass is 10.0. The molecule has 5 aromatic rings. The van der Waals surface area contributed by atoms with Gasteiger partial charge in [0.25, 0.3) is 5.91 Å². The van der Waals surface area contributed by atoms with Gasteiger partial charge in [0.05, 0.1) is 60.7 Å². The van der Waals surface area contributed by atoms with Crippen molar-refractivity contribution in [3.05, 3.63) is 95.4 Å². The summed E-state index contributed by atoms with van der Waals surface area (Å²) in [6.07, 6.45) is 8.72. The summed E-state index contributed by atoms with van der Waals surface area (Å²) in [5, 5.41) is 6.92. The van der Waals surface area contributed by atoms with Crippen LogP contribution in [0.2, 0.25) is 0 Å². The van der Waals surface area contributed by atoms with Crippen molar-refractivity contribution in [2.75, 3.05) is 51.8 Å². The number of imide groups is 1. The summed E-state index contributed by atoms with van der Waals surface area (Å²) in [5.41, 5.74) is 4.60. The van der Waals surface area contributed by atoms with Gasteiger partial charge in [-0.05, 0) is 86.1 Å². The molecule has 15 nitrogen and oxygen atoms in total. The van der Waals surface area contributed by atoms with E-state index < -0.39 is 33.6 Å². The predicted molar refractivity (Wildman–Crippen MR) is 228 cm³/mol. The van der Waals surface area contributed by atoms with E-state index in [0.717, 1.165) is 11.1 Å². The number of aromatic nitrogens is 4. The molecule has 4 aliphatic rings. The minimum Gasteiger partial charge on any atom is -0.494 e. The van der Waals surface area contributed by atoms with Crippen LogP contribution in [-0.4, -0.2) is 118 Å². The van der Waals surface area contributed by atoms with Gasteiger partial charge in [0.1, 0.15) is 23.4 Å². The van der Waals surface area contributed by atoms with Crippen LogP contribution in [0.4, 0.5) is 8.78 Å². The van der Waals surface area contributed by atoms with Gasteiger partial charge in [-0.25, -0.2) is 26.5 Å². The molecule has 6 heterocycles. The summed E-state index contributed by atoms with van der Waals surface area (Å²) in [5.74, 6) is -1.62. The molecule has 1 unspecified atom stereocenters. The molecule has 3 fully saturated rings. The molecule has 3 aromatic carbocycles. The normalized spacial score (nSPS) is 19.2. The number of halogens is 2. The zero-order valence-corrected chi connectivity index (χ0v) is 35.5. The molecule has 0 spiro atoms. The number of rotatable bonds is 14. The Morgan fingerprint density at radius 3 is 2.44 bits per heavy atom. The van der Waals surface area contributed by atoms with Gasteiger partial charge in [-0.1, -0.05) is 12.1 Å². The van der Waals surface area contributed by atoms with E-state index in [9.17, 15) is 22.8 Å². The molecule has 18 heteroatoms. The van der Waals surface area contributed by atoms with Crippen molar-refractivity contribution in [1.29, 1.82) is 0 Å². The minimum absolute atomic E-state index is 0.00825. The van der Waals surface area contributed by atoms with Crippen LogP contribution in [0, 0.1) is 11.6 Å². The number of nitrogens with one attached hydrogen (secondary N) is 1. The standard InChI is InChI=1S/C45H48F2N8O7S/c46-37-22-29(23-38(47)36(37)28-52-15-18-61-19-16-52)34-5-4-6-39-43(34)50-40(25-48-39)31-24-49-55(27-31)32-11-13-53(14-12-32)63(59,60)20-3-1-2-17-62-33-7-8-35-30(21-33)26-54(45(35)58)41-9-10-42(56)51-44(41)57/h4-8,21-25,27,32,41H,1-3,9-20,26,28H2,(H,51,56,57). The maximum atomic E-state index is 15.4. The lowest BCUT2D eigenvalue weighted by Gasteiger charge is -2.31. The number of para-hydroxylation sites is 1. The van der Waals surface area contributed by atoms with E-state index in [1.165, 1.54) is 17.0 Å². The number of hydrogen-bond acceptors (Lipinski definition) is 11. The maximum Gasteiger partial charge on any atom is 0.255 e. The quantitative estimate of drug-likeness (QED) is 0.114. The number of fused-ring (bicyclic) bond motifs is 2. The number of benzene rings is 3. The Kier molecular flexibility index (Phi) is 12.3. The first-order chi connectivity index (χ1) is 30.5. The van der Waals surface area contributed by atoms with Crippen LogP contribution in [0.25, 0.3) is 33.4 Å². The van der Waals surface area contributed by atoms with E-state index in [0.29, 0.717) is 124 Å². The third-order valence-corrected chi connectivity index (χ3v) is 14.4. The molecule has 0 aliphatic carbocycles. The second-order valence-electron chi connectivity index (χ2n) is 16.5. The second-order valence-corrected chi connectivity index (χ2v) is 18.6. The fourth-order valence-corrected chi connectivity index (χ4v) is 10.5. The number of nitrogens with zero attached hydrogens (tertiary/aromatic N) is 7. The summed E-state index contributed by atoms with van der Waals surface area (Å²) in [4.78, 5) is 49.8. The summed E-state index contributed by atoms with van der Waals surface area (Å²) in [6.45, 7) is 3.88. The first kappa shape index (κ1) is 42.6. The number of sulfonamides is 1. The van der Waals surface area contributed by atoms with Crippen LogP contribution in [0.15, 0.2) is 67.1 Å². The van der Waals surface area contributed by atoms with E-state index in [-0.39, 0.29) is 48.7 Å². The Hall–Kier alpha value is -5.69. The van der Waals surface area contributed by atoms with Crippen molar-refractivity contribution in [1.82, 2.24) is 39.2 Å². The van der Waals surface area contributed by atoms with E-state index in [1.54, 1.807) is 53.1 Å². The van der Waals surface area contributed by atoms with Gasteiger partial charge in [-0.3, -0.25) is 34.3 Å². The summed E-state index contributed by atoms with van der Waals surface area (Å²) in [7, 11) is -3.46. The molecule has 0 bridgehead atoms. The van der Waals surface area contributed by atoms with Crippen molar-refractivity contribution in [3.63, 3.8) is 0 Å². The van der Waals surface area contributed by atoms with Gasteiger partial charge in [-0.2, -0.15) is 5.10 Å². The molecule has 330 valence electrons. The SMILES string of the molecule is O=C1CCC(N2Cc3cc(OCCCCCS(=O)(=O)N4CCC(n5cc(-c6cnc7cccc(-c8cc(F)c(CN9CCOCC9)c(F)c8)c7n6)cn5)CC4)ccc3C2=O)C(=O)N1. The lowest BCUT2D eigenvalue weighted by molar-refractivity contribution is -0.136. The Balaban J connectivity index is 0.748. The van der Waals surface area contributed by atoms with E-state index >= 15 is 8.78 Å². The minimum atomic E-state index is -3.46. The highest BCUT2D eigenvalue weighted by molar-refractivity contribution is 7.89. The number of hydrogen-bond donors (Lipinski definition) is 1. The third-order valence-electron chi connectivity index (χ3n) is 12.4. The molecule has 0 saturated carbocycles. The van der Waals surface area contributed by atoms with E-state index in [4.69, 9.17) is 14.5 Å². The van der Waals surface area contributed by atoms with Crippen LogP contribution in [0.1, 0.15) is 72.5 Å². The molecule has 4 aliphatic heterocycles. The van der Waals surface area contributed by atoms with E-state index in [1.807, 2.05) is 15.8 Å². The molecule has 63 heavy (non-hydrogen) atoms. The van der Waals surface area contributed by atoms with Crippen LogP contribution in [0.5, 0.6) is 5.75 Å². The Morgan fingerprint density at radius 2 is 1.67 bits per heavy atom. The molecule has 1 atom stereocenters. The lowest BCUT2D eigenvalue weighted by Crippen LogP contribution is -2.52. The fraction of sp³-hybridized carbons (Fsp3) is 0.422. The average Bonchev–Trinajstić information content (AvgIpc) is 3.91. The number of carbonyl (C=O) groups excluding carboxylic acids is 3. The maximum absolute atomic E-state index is 15.4. The van der Waals surface area contributed by atoms with Crippen molar-refractivity contribution < 1.29 is 41.1 Å². The molecule has 3 saturated heterocycles. The highest BCUT2D eigenvalue weighted by Gasteiger charge is 2.39. The molecule has 0 radical (unpaired) electrons. The van der Waals surface area contributed by atoms with Gasteiger partial charge in [0.15, 0.2) is 0 Å². The monoisotopic (exact) mass is 882 g/mol. The molecular weight excluding hydrogens is 835 g/mol. The number of morpholine rings is 1. The van der Waals surface area contributed by atoms with Gasteiger partial charge in [0.2, 0.25) is 21.8 Å². The second kappa shape index (κ2) is 18.2. The highest BCUT2D eigenvalue weighted by Crippen LogP contribution is 2.33. The van der Waals surface area contributed by atoms with E-state index in [2.05, 4.69) is 15.4 Å². The van der Waals surface area contributed by atoms with Gasteiger partial charge in [-0.15, -0.1) is 0 Å². The zero-order chi connectivity index (χ0) is 43.7. The van der Waals surface area contributed by atoms with Crippen molar-refractivity contribution in [2.45, 2.75) is 70.1 Å². The smallest absolute Gasteiger partial charge is 0.255 e. The van der Waals surface area contributed by atoms with Crippen LogP contribution in [-0.2, 0) is 37.4 Å². The summed E-state index contributed by atoms with van der Waals surface area (Å²) < 4.78 is 72.1.